The van der Waals surface area contributed by atoms with Crippen LogP contribution in [0.2, 0.25) is 0 Å². The number of rotatable bonds is 4. The van der Waals surface area contributed by atoms with E-state index in [9.17, 15) is 4.79 Å². The van der Waals surface area contributed by atoms with Gasteiger partial charge in [0.1, 0.15) is 4.88 Å². The summed E-state index contributed by atoms with van der Waals surface area (Å²) in [6.45, 7) is 0.577. The number of carbonyl (C=O) groups excluding carboxylic acids is 1. The van der Waals surface area contributed by atoms with Crippen molar-refractivity contribution in [3.63, 3.8) is 0 Å². The minimum Gasteiger partial charge on any atom is -0.350 e. The van der Waals surface area contributed by atoms with Crippen molar-refractivity contribution < 1.29 is 4.79 Å². The van der Waals surface area contributed by atoms with Gasteiger partial charge in [-0.25, -0.2) is 0 Å². The van der Waals surface area contributed by atoms with E-state index in [1.54, 1.807) is 0 Å². The Bertz CT molecular complexity index is 367. The lowest BCUT2D eigenvalue weighted by atomic mass is 10.2. The van der Waals surface area contributed by atoms with Gasteiger partial charge in [0.05, 0.1) is 0 Å². The van der Waals surface area contributed by atoms with Gasteiger partial charge in [-0.15, -0.1) is 23.7 Å². The second-order valence-corrected chi connectivity index (χ2v) is 5.58. The molecule has 0 radical (unpaired) electrons. The van der Waals surface area contributed by atoms with Crippen LogP contribution in [-0.4, -0.2) is 18.5 Å². The number of thiophene rings is 1. The SMILES string of the molecule is Cl.NC(CNC(=O)c1sccc1Br)C1CC1. The highest BCUT2D eigenvalue weighted by atomic mass is 79.9. The van der Waals surface area contributed by atoms with Crippen LogP contribution >= 0.6 is 39.7 Å². The second-order valence-electron chi connectivity index (χ2n) is 3.81. The van der Waals surface area contributed by atoms with Gasteiger partial charge in [-0.2, -0.15) is 0 Å². The zero-order valence-corrected chi connectivity index (χ0v) is 11.8. The summed E-state index contributed by atoms with van der Waals surface area (Å²) in [6.07, 6.45) is 2.42. The van der Waals surface area contributed by atoms with Crippen LogP contribution in [0.15, 0.2) is 15.9 Å². The standard InChI is InChI=1S/C10H13BrN2OS.ClH/c11-7-3-4-15-9(7)10(14)13-5-8(12)6-1-2-6;/h3-4,6,8H,1-2,5,12H2,(H,13,14);1H. The van der Waals surface area contributed by atoms with Gasteiger partial charge in [-0.1, -0.05) is 0 Å². The molecule has 1 fully saturated rings. The van der Waals surface area contributed by atoms with Crippen LogP contribution < -0.4 is 11.1 Å². The van der Waals surface area contributed by atoms with Gasteiger partial charge in [0.15, 0.2) is 0 Å². The molecule has 1 atom stereocenters. The molecular formula is C10H14BrClN2OS. The number of hydrogen-bond donors (Lipinski definition) is 2. The summed E-state index contributed by atoms with van der Waals surface area (Å²) in [5, 5.41) is 4.75. The summed E-state index contributed by atoms with van der Waals surface area (Å²) in [5.74, 6) is 0.588. The van der Waals surface area contributed by atoms with E-state index in [0.29, 0.717) is 12.5 Å². The lowest BCUT2D eigenvalue weighted by molar-refractivity contribution is 0.0953. The Kier molecular flexibility index (Phi) is 5.24. The zero-order valence-electron chi connectivity index (χ0n) is 8.61. The molecule has 0 bridgehead atoms. The van der Waals surface area contributed by atoms with E-state index in [4.69, 9.17) is 5.73 Å². The number of carbonyl (C=O) groups is 1. The first kappa shape index (κ1) is 14.0. The smallest absolute Gasteiger partial charge is 0.262 e. The fraction of sp³-hybridized carbons (Fsp3) is 0.500. The molecule has 1 aromatic rings. The normalized spacial score (nSPS) is 16.4. The van der Waals surface area contributed by atoms with Gasteiger partial charge in [0.2, 0.25) is 0 Å². The Morgan fingerprint density at radius 1 is 1.69 bits per heavy atom. The summed E-state index contributed by atoms with van der Waals surface area (Å²) in [6, 6.07) is 1.99. The zero-order chi connectivity index (χ0) is 10.8. The average molecular weight is 326 g/mol. The predicted octanol–water partition coefficient (Wildman–Crippen LogP) is 2.40. The maximum atomic E-state index is 11.7. The van der Waals surface area contributed by atoms with Gasteiger partial charge in [-0.3, -0.25) is 4.79 Å². The molecule has 1 aliphatic rings. The molecule has 1 heterocycles. The molecule has 90 valence electrons. The van der Waals surface area contributed by atoms with Crippen molar-refractivity contribution in [3.8, 4) is 0 Å². The summed E-state index contributed by atoms with van der Waals surface area (Å²) in [5.41, 5.74) is 5.90. The highest BCUT2D eigenvalue weighted by Crippen LogP contribution is 2.31. The fourth-order valence-electron chi connectivity index (χ4n) is 1.44. The summed E-state index contributed by atoms with van der Waals surface area (Å²) in [4.78, 5) is 12.4. The Morgan fingerprint density at radius 3 is 2.88 bits per heavy atom. The van der Waals surface area contributed by atoms with Crippen molar-refractivity contribution in [1.82, 2.24) is 5.32 Å². The first-order valence-corrected chi connectivity index (χ1v) is 6.62. The molecule has 16 heavy (non-hydrogen) atoms. The van der Waals surface area contributed by atoms with Crippen LogP contribution in [0.5, 0.6) is 0 Å². The summed E-state index contributed by atoms with van der Waals surface area (Å²) in [7, 11) is 0. The fourth-order valence-corrected chi connectivity index (χ4v) is 2.91. The Balaban J connectivity index is 0.00000128. The number of amides is 1. The molecular weight excluding hydrogens is 312 g/mol. The number of hydrogen-bond acceptors (Lipinski definition) is 3. The number of halogens is 2. The molecule has 1 amide bonds. The second kappa shape index (κ2) is 6.00. The molecule has 0 aliphatic heterocycles. The third-order valence-electron chi connectivity index (χ3n) is 2.55. The topological polar surface area (TPSA) is 55.1 Å². The highest BCUT2D eigenvalue weighted by Gasteiger charge is 2.28. The molecule has 1 unspecified atom stereocenters. The van der Waals surface area contributed by atoms with E-state index < -0.39 is 0 Å². The Morgan fingerprint density at radius 2 is 2.38 bits per heavy atom. The minimum atomic E-state index is -0.0343. The van der Waals surface area contributed by atoms with Crippen LogP contribution in [0.4, 0.5) is 0 Å². The van der Waals surface area contributed by atoms with Gasteiger partial charge in [-0.05, 0) is 46.1 Å². The van der Waals surface area contributed by atoms with Crippen LogP contribution in [-0.2, 0) is 0 Å². The Labute approximate surface area is 113 Å². The summed E-state index contributed by atoms with van der Waals surface area (Å²) >= 11 is 4.77. The summed E-state index contributed by atoms with van der Waals surface area (Å²) < 4.78 is 0.852. The molecule has 0 saturated heterocycles. The number of nitrogens with two attached hydrogens (primary N) is 1. The van der Waals surface area contributed by atoms with Crippen molar-refractivity contribution in [3.05, 3.63) is 20.8 Å². The van der Waals surface area contributed by atoms with E-state index >= 15 is 0 Å². The molecule has 2 rings (SSSR count). The lowest BCUT2D eigenvalue weighted by Gasteiger charge is -2.10. The Hall–Kier alpha value is -0.100. The van der Waals surface area contributed by atoms with Gasteiger partial charge in [0.25, 0.3) is 5.91 Å². The van der Waals surface area contributed by atoms with Gasteiger partial charge in [0, 0.05) is 17.1 Å². The molecule has 0 spiro atoms. The number of nitrogens with one attached hydrogen (secondary N) is 1. The van der Waals surface area contributed by atoms with Crippen molar-refractivity contribution in [2.24, 2.45) is 11.7 Å². The minimum absolute atomic E-state index is 0. The first-order valence-electron chi connectivity index (χ1n) is 4.95. The third-order valence-corrected chi connectivity index (χ3v) is 4.39. The molecule has 1 aromatic heterocycles. The van der Waals surface area contributed by atoms with Crippen molar-refractivity contribution in [2.75, 3.05) is 6.54 Å². The van der Waals surface area contributed by atoms with Crippen LogP contribution in [0.25, 0.3) is 0 Å². The quantitative estimate of drug-likeness (QED) is 0.893. The van der Waals surface area contributed by atoms with E-state index in [-0.39, 0.29) is 24.4 Å². The molecule has 3 N–H and O–H groups in total. The molecule has 3 nitrogen and oxygen atoms in total. The monoisotopic (exact) mass is 324 g/mol. The first-order chi connectivity index (χ1) is 7.18. The van der Waals surface area contributed by atoms with E-state index in [1.165, 1.54) is 24.2 Å². The highest BCUT2D eigenvalue weighted by molar-refractivity contribution is 9.10. The molecule has 0 aromatic carbocycles. The van der Waals surface area contributed by atoms with Gasteiger partial charge >= 0.3 is 0 Å². The largest absolute Gasteiger partial charge is 0.350 e. The molecule has 1 aliphatic carbocycles. The van der Waals surface area contributed by atoms with Crippen molar-refractivity contribution in [2.45, 2.75) is 18.9 Å². The predicted molar refractivity (Wildman–Crippen MR) is 72.3 cm³/mol. The van der Waals surface area contributed by atoms with Gasteiger partial charge < -0.3 is 11.1 Å². The maximum absolute atomic E-state index is 11.7. The average Bonchev–Trinajstić information content (AvgIpc) is 2.98. The maximum Gasteiger partial charge on any atom is 0.262 e. The van der Waals surface area contributed by atoms with E-state index in [1.807, 2.05) is 11.4 Å². The van der Waals surface area contributed by atoms with E-state index in [2.05, 4.69) is 21.2 Å². The van der Waals surface area contributed by atoms with Crippen LogP contribution in [0.1, 0.15) is 22.5 Å². The molecule has 6 heteroatoms. The molecule has 1 saturated carbocycles. The third kappa shape index (κ3) is 3.45. The lowest BCUT2D eigenvalue weighted by Crippen LogP contribution is -2.38. The van der Waals surface area contributed by atoms with E-state index in [0.717, 1.165) is 9.35 Å². The van der Waals surface area contributed by atoms with Crippen LogP contribution in [0.3, 0.4) is 0 Å². The van der Waals surface area contributed by atoms with Crippen molar-refractivity contribution >= 4 is 45.6 Å². The van der Waals surface area contributed by atoms with Crippen LogP contribution in [0, 0.1) is 5.92 Å². The van der Waals surface area contributed by atoms with Crippen molar-refractivity contribution in [1.29, 1.82) is 0 Å².